The predicted molar refractivity (Wildman–Crippen MR) is 77.0 cm³/mol. The number of hydrogen-bond donors (Lipinski definition) is 1. The van der Waals surface area contributed by atoms with E-state index in [1.807, 2.05) is 0 Å². The molecule has 0 heterocycles. The molecule has 0 saturated heterocycles. The highest BCUT2D eigenvalue weighted by Gasteiger charge is 2.20. The maximum Gasteiger partial charge on any atom is 0.0684 e. The lowest BCUT2D eigenvalue weighted by molar-refractivity contribution is 0.281. The molecule has 0 amide bonds. The second-order valence-electron chi connectivity index (χ2n) is 5.35. The molecule has 1 aliphatic rings. The first kappa shape index (κ1) is 13.4. The first-order valence-corrected chi connectivity index (χ1v) is 7.23. The fourth-order valence-corrected chi connectivity index (χ4v) is 3.08. The second-order valence-corrected chi connectivity index (χ2v) is 5.35. The van der Waals surface area contributed by atoms with Gasteiger partial charge in [0.1, 0.15) is 0 Å². The first-order valence-electron chi connectivity index (χ1n) is 7.23. The van der Waals surface area contributed by atoms with Gasteiger partial charge in [0.15, 0.2) is 0 Å². The van der Waals surface area contributed by atoms with Gasteiger partial charge in [0.2, 0.25) is 0 Å². The largest absolute Gasteiger partial charge is 0.392 e. The number of rotatable bonds is 4. The lowest BCUT2D eigenvalue weighted by Crippen LogP contribution is -2.36. The summed E-state index contributed by atoms with van der Waals surface area (Å²) >= 11 is 0. The SMILES string of the molecule is CCN(c1ccc(CO)c(C)c1)C1CCCCC1. The van der Waals surface area contributed by atoms with E-state index in [0.29, 0.717) is 6.04 Å². The zero-order chi connectivity index (χ0) is 13.0. The van der Waals surface area contributed by atoms with Crippen LogP contribution in [0.2, 0.25) is 0 Å². The Hall–Kier alpha value is -1.02. The summed E-state index contributed by atoms with van der Waals surface area (Å²) in [6, 6.07) is 7.17. The number of nitrogens with zero attached hydrogens (tertiary/aromatic N) is 1. The number of aliphatic hydroxyl groups excluding tert-OH is 1. The summed E-state index contributed by atoms with van der Waals surface area (Å²) in [4.78, 5) is 2.54. The maximum absolute atomic E-state index is 9.24. The Morgan fingerprint density at radius 3 is 2.50 bits per heavy atom. The highest BCUT2D eigenvalue weighted by Crippen LogP contribution is 2.28. The summed E-state index contributed by atoms with van der Waals surface area (Å²) in [6.07, 6.45) is 6.80. The molecule has 0 spiro atoms. The molecule has 2 heteroatoms. The van der Waals surface area contributed by atoms with Crippen LogP contribution in [-0.4, -0.2) is 17.7 Å². The predicted octanol–water partition coefficient (Wildman–Crippen LogP) is 3.65. The van der Waals surface area contributed by atoms with Crippen molar-refractivity contribution in [2.45, 2.75) is 58.6 Å². The molecule has 1 saturated carbocycles. The van der Waals surface area contributed by atoms with Crippen molar-refractivity contribution in [1.82, 2.24) is 0 Å². The Bertz CT molecular complexity index is 383. The molecule has 1 aromatic rings. The van der Waals surface area contributed by atoms with Gasteiger partial charge in [0, 0.05) is 18.3 Å². The Morgan fingerprint density at radius 2 is 1.94 bits per heavy atom. The van der Waals surface area contributed by atoms with Gasteiger partial charge >= 0.3 is 0 Å². The minimum absolute atomic E-state index is 0.141. The van der Waals surface area contributed by atoms with Gasteiger partial charge in [-0.3, -0.25) is 0 Å². The Morgan fingerprint density at radius 1 is 1.22 bits per heavy atom. The summed E-state index contributed by atoms with van der Waals surface area (Å²) < 4.78 is 0. The molecule has 0 unspecified atom stereocenters. The van der Waals surface area contributed by atoms with Crippen LogP contribution in [0, 0.1) is 6.92 Å². The van der Waals surface area contributed by atoms with Crippen molar-refractivity contribution in [2.24, 2.45) is 0 Å². The number of anilines is 1. The topological polar surface area (TPSA) is 23.5 Å². The highest BCUT2D eigenvalue weighted by atomic mass is 16.3. The summed E-state index contributed by atoms with van der Waals surface area (Å²) in [5.74, 6) is 0. The van der Waals surface area contributed by atoms with E-state index in [4.69, 9.17) is 0 Å². The highest BCUT2D eigenvalue weighted by molar-refractivity contribution is 5.51. The van der Waals surface area contributed by atoms with Crippen LogP contribution in [0.25, 0.3) is 0 Å². The second kappa shape index (κ2) is 6.24. The summed E-state index contributed by atoms with van der Waals surface area (Å²) in [5.41, 5.74) is 3.56. The van der Waals surface area contributed by atoms with E-state index in [-0.39, 0.29) is 6.61 Å². The van der Waals surface area contributed by atoms with Gasteiger partial charge in [0.05, 0.1) is 6.61 Å². The molecule has 1 aliphatic carbocycles. The zero-order valence-electron chi connectivity index (χ0n) is 11.7. The van der Waals surface area contributed by atoms with Gasteiger partial charge in [-0.1, -0.05) is 25.3 Å². The van der Waals surface area contributed by atoms with Crippen LogP contribution in [0.5, 0.6) is 0 Å². The molecule has 18 heavy (non-hydrogen) atoms. The molecule has 2 nitrogen and oxygen atoms in total. The third-order valence-electron chi connectivity index (χ3n) is 4.18. The molecule has 0 bridgehead atoms. The zero-order valence-corrected chi connectivity index (χ0v) is 11.7. The van der Waals surface area contributed by atoms with Crippen molar-refractivity contribution in [1.29, 1.82) is 0 Å². The van der Waals surface area contributed by atoms with E-state index in [1.165, 1.54) is 43.4 Å². The monoisotopic (exact) mass is 247 g/mol. The van der Waals surface area contributed by atoms with Crippen molar-refractivity contribution >= 4 is 5.69 Å². The minimum Gasteiger partial charge on any atom is -0.392 e. The van der Waals surface area contributed by atoms with Gasteiger partial charge in [-0.25, -0.2) is 0 Å². The lowest BCUT2D eigenvalue weighted by atomic mass is 9.93. The van der Waals surface area contributed by atoms with Crippen LogP contribution in [0.3, 0.4) is 0 Å². The van der Waals surface area contributed by atoms with Crippen molar-refractivity contribution < 1.29 is 5.11 Å². The number of aliphatic hydroxyl groups is 1. The Kier molecular flexibility index (Phi) is 4.65. The van der Waals surface area contributed by atoms with Crippen LogP contribution in [-0.2, 0) is 6.61 Å². The average molecular weight is 247 g/mol. The van der Waals surface area contributed by atoms with Crippen LogP contribution in [0.15, 0.2) is 18.2 Å². The third kappa shape index (κ3) is 2.86. The Labute approximate surface area is 111 Å². The molecule has 100 valence electrons. The molecular weight excluding hydrogens is 222 g/mol. The molecule has 0 atom stereocenters. The number of hydrogen-bond acceptors (Lipinski definition) is 2. The molecule has 0 aromatic heterocycles. The molecule has 0 aliphatic heterocycles. The third-order valence-corrected chi connectivity index (χ3v) is 4.18. The van der Waals surface area contributed by atoms with Gasteiger partial charge in [-0.2, -0.15) is 0 Å². The summed E-state index contributed by atoms with van der Waals surface area (Å²) in [5, 5.41) is 9.24. The fourth-order valence-electron chi connectivity index (χ4n) is 3.08. The van der Waals surface area contributed by atoms with Gasteiger partial charge < -0.3 is 10.0 Å². The number of benzene rings is 1. The van der Waals surface area contributed by atoms with E-state index in [0.717, 1.165) is 12.1 Å². The molecule has 0 radical (unpaired) electrons. The fraction of sp³-hybridized carbons (Fsp3) is 0.625. The normalized spacial score (nSPS) is 16.8. The maximum atomic E-state index is 9.24. The van der Waals surface area contributed by atoms with Crippen molar-refractivity contribution in [3.63, 3.8) is 0 Å². The smallest absolute Gasteiger partial charge is 0.0684 e. The van der Waals surface area contributed by atoms with E-state index < -0.39 is 0 Å². The standard InChI is InChI=1S/C16H25NO/c1-3-17(15-7-5-4-6-8-15)16-10-9-14(12-18)13(2)11-16/h9-11,15,18H,3-8,12H2,1-2H3. The number of aryl methyl sites for hydroxylation is 1. The van der Waals surface area contributed by atoms with Crippen LogP contribution >= 0.6 is 0 Å². The van der Waals surface area contributed by atoms with E-state index in [9.17, 15) is 5.11 Å². The van der Waals surface area contributed by atoms with Crippen LogP contribution < -0.4 is 4.90 Å². The quantitative estimate of drug-likeness (QED) is 0.878. The first-order chi connectivity index (χ1) is 8.76. The minimum atomic E-state index is 0.141. The van der Waals surface area contributed by atoms with Gasteiger partial charge in [0.25, 0.3) is 0 Å². The molecular formula is C16H25NO. The van der Waals surface area contributed by atoms with E-state index in [2.05, 4.69) is 36.9 Å². The van der Waals surface area contributed by atoms with Gasteiger partial charge in [-0.15, -0.1) is 0 Å². The summed E-state index contributed by atoms with van der Waals surface area (Å²) in [6.45, 7) is 5.54. The molecule has 1 aromatic carbocycles. The van der Waals surface area contributed by atoms with Crippen molar-refractivity contribution in [3.8, 4) is 0 Å². The Balaban J connectivity index is 2.18. The van der Waals surface area contributed by atoms with Crippen LogP contribution in [0.1, 0.15) is 50.2 Å². The van der Waals surface area contributed by atoms with E-state index >= 15 is 0 Å². The van der Waals surface area contributed by atoms with E-state index in [1.54, 1.807) is 0 Å². The van der Waals surface area contributed by atoms with Gasteiger partial charge in [-0.05, 0) is 49.9 Å². The lowest BCUT2D eigenvalue weighted by Gasteiger charge is -2.35. The van der Waals surface area contributed by atoms with Crippen LogP contribution in [0.4, 0.5) is 5.69 Å². The molecule has 1 fully saturated rings. The molecule has 2 rings (SSSR count). The van der Waals surface area contributed by atoms with Crippen molar-refractivity contribution in [2.75, 3.05) is 11.4 Å². The molecule has 1 N–H and O–H groups in total. The van der Waals surface area contributed by atoms with Crippen molar-refractivity contribution in [3.05, 3.63) is 29.3 Å². The average Bonchev–Trinajstić information content (AvgIpc) is 2.41. The summed E-state index contributed by atoms with van der Waals surface area (Å²) in [7, 11) is 0.